The maximum atomic E-state index is 6.31. The van der Waals surface area contributed by atoms with Crippen LogP contribution in [0.15, 0.2) is 24.3 Å². The molecule has 0 radical (unpaired) electrons. The van der Waals surface area contributed by atoms with Crippen LogP contribution in [0.5, 0.6) is 5.75 Å². The zero-order valence-corrected chi connectivity index (χ0v) is 12.6. The maximum absolute atomic E-state index is 6.31. The number of aryl methyl sites for hydroxylation is 1. The predicted octanol–water partition coefficient (Wildman–Crippen LogP) is 4.86. The van der Waals surface area contributed by atoms with E-state index in [1.807, 2.05) is 0 Å². The number of alkyl halides is 1. The van der Waals surface area contributed by atoms with Crippen LogP contribution in [-0.2, 0) is 0 Å². The van der Waals surface area contributed by atoms with Crippen LogP contribution in [-0.4, -0.2) is 10.9 Å². The number of hydrogen-bond acceptors (Lipinski definition) is 1. The SMILES string of the molecule is Cc1ccccc1OC1CC(Br)C12CCCCC2. The fraction of sp³-hybridized carbons (Fsp3) is 0.625. The van der Waals surface area contributed by atoms with Gasteiger partial charge in [-0.15, -0.1) is 0 Å². The van der Waals surface area contributed by atoms with Crippen molar-refractivity contribution in [3.8, 4) is 5.75 Å². The Hall–Kier alpha value is -0.500. The Morgan fingerprint density at radius 2 is 1.89 bits per heavy atom. The van der Waals surface area contributed by atoms with Crippen molar-refractivity contribution in [2.45, 2.75) is 56.4 Å². The smallest absolute Gasteiger partial charge is 0.122 e. The lowest BCUT2D eigenvalue weighted by molar-refractivity contribution is -0.0604. The van der Waals surface area contributed by atoms with Crippen LogP contribution < -0.4 is 4.74 Å². The zero-order valence-electron chi connectivity index (χ0n) is 11.0. The van der Waals surface area contributed by atoms with E-state index in [2.05, 4.69) is 47.1 Å². The van der Waals surface area contributed by atoms with E-state index in [0.29, 0.717) is 16.3 Å². The van der Waals surface area contributed by atoms with Crippen molar-refractivity contribution >= 4 is 15.9 Å². The number of para-hydroxylation sites is 1. The molecule has 2 atom stereocenters. The van der Waals surface area contributed by atoms with E-state index in [4.69, 9.17) is 4.74 Å². The molecule has 1 aromatic rings. The molecule has 98 valence electrons. The molecular weight excluding hydrogens is 288 g/mol. The quantitative estimate of drug-likeness (QED) is 0.709. The van der Waals surface area contributed by atoms with Gasteiger partial charge >= 0.3 is 0 Å². The van der Waals surface area contributed by atoms with E-state index < -0.39 is 0 Å². The Bertz CT molecular complexity index is 423. The molecule has 18 heavy (non-hydrogen) atoms. The van der Waals surface area contributed by atoms with Gasteiger partial charge in [-0.3, -0.25) is 0 Å². The molecule has 2 aliphatic rings. The molecule has 3 rings (SSSR count). The number of benzene rings is 1. The molecule has 0 aromatic heterocycles. The van der Waals surface area contributed by atoms with Gasteiger partial charge in [0, 0.05) is 10.2 Å². The van der Waals surface area contributed by atoms with Gasteiger partial charge in [-0.05, 0) is 37.8 Å². The summed E-state index contributed by atoms with van der Waals surface area (Å²) in [7, 11) is 0. The molecule has 1 nitrogen and oxygen atoms in total. The first-order valence-electron chi connectivity index (χ1n) is 7.09. The molecule has 2 saturated carbocycles. The Morgan fingerprint density at radius 1 is 1.17 bits per heavy atom. The Balaban J connectivity index is 1.75. The van der Waals surface area contributed by atoms with E-state index in [0.717, 1.165) is 12.2 Å². The van der Waals surface area contributed by atoms with Crippen molar-refractivity contribution in [3.05, 3.63) is 29.8 Å². The summed E-state index contributed by atoms with van der Waals surface area (Å²) in [6, 6.07) is 8.38. The Kier molecular flexibility index (Phi) is 3.40. The Labute approximate surface area is 118 Å². The summed E-state index contributed by atoms with van der Waals surface area (Å²) in [5, 5.41) is 0. The average molecular weight is 309 g/mol. The first-order chi connectivity index (χ1) is 8.72. The molecule has 0 saturated heterocycles. The molecule has 0 aliphatic heterocycles. The minimum Gasteiger partial charge on any atom is -0.489 e. The molecule has 2 aliphatic carbocycles. The van der Waals surface area contributed by atoms with Gasteiger partial charge in [0.25, 0.3) is 0 Å². The first-order valence-corrected chi connectivity index (χ1v) is 8.00. The molecule has 2 unspecified atom stereocenters. The second-order valence-corrected chi connectivity index (χ2v) is 6.97. The lowest BCUT2D eigenvalue weighted by atomic mass is 9.58. The largest absolute Gasteiger partial charge is 0.489 e. The number of halogens is 1. The molecular formula is C16H21BrO. The van der Waals surface area contributed by atoms with E-state index in [1.165, 1.54) is 37.7 Å². The van der Waals surface area contributed by atoms with Gasteiger partial charge in [-0.25, -0.2) is 0 Å². The van der Waals surface area contributed by atoms with Crippen molar-refractivity contribution in [1.29, 1.82) is 0 Å². The first kappa shape index (κ1) is 12.5. The minimum absolute atomic E-state index is 0.417. The van der Waals surface area contributed by atoms with Crippen LogP contribution in [0.1, 0.15) is 44.1 Å². The maximum Gasteiger partial charge on any atom is 0.122 e. The fourth-order valence-corrected chi connectivity index (χ4v) is 4.64. The van der Waals surface area contributed by atoms with Crippen LogP contribution in [0, 0.1) is 12.3 Å². The van der Waals surface area contributed by atoms with Crippen LogP contribution in [0.25, 0.3) is 0 Å². The molecule has 0 N–H and O–H groups in total. The lowest BCUT2D eigenvalue weighted by Crippen LogP contribution is -2.57. The van der Waals surface area contributed by atoms with Crippen molar-refractivity contribution in [2.24, 2.45) is 5.41 Å². The minimum atomic E-state index is 0.417. The summed E-state index contributed by atoms with van der Waals surface area (Å²) < 4.78 is 6.31. The van der Waals surface area contributed by atoms with Gasteiger partial charge in [-0.2, -0.15) is 0 Å². The third kappa shape index (κ3) is 1.99. The third-order valence-corrected chi connectivity index (χ3v) is 6.12. The molecule has 0 amide bonds. The van der Waals surface area contributed by atoms with Crippen LogP contribution >= 0.6 is 15.9 Å². The van der Waals surface area contributed by atoms with Gasteiger partial charge < -0.3 is 4.74 Å². The van der Waals surface area contributed by atoms with Gasteiger partial charge in [0.2, 0.25) is 0 Å². The van der Waals surface area contributed by atoms with Gasteiger partial charge in [-0.1, -0.05) is 53.4 Å². The summed E-state index contributed by atoms with van der Waals surface area (Å²) in [6.45, 7) is 2.13. The van der Waals surface area contributed by atoms with E-state index in [9.17, 15) is 0 Å². The second kappa shape index (κ2) is 4.88. The predicted molar refractivity (Wildman–Crippen MR) is 78.4 cm³/mol. The van der Waals surface area contributed by atoms with Crippen molar-refractivity contribution < 1.29 is 4.74 Å². The van der Waals surface area contributed by atoms with E-state index in [1.54, 1.807) is 0 Å². The highest BCUT2D eigenvalue weighted by molar-refractivity contribution is 9.09. The summed E-state index contributed by atoms with van der Waals surface area (Å²) in [4.78, 5) is 0.666. The topological polar surface area (TPSA) is 9.23 Å². The second-order valence-electron chi connectivity index (χ2n) is 5.87. The number of hydrogen-bond donors (Lipinski definition) is 0. The van der Waals surface area contributed by atoms with Crippen molar-refractivity contribution in [1.82, 2.24) is 0 Å². The number of rotatable bonds is 2. The Morgan fingerprint density at radius 3 is 2.56 bits per heavy atom. The fourth-order valence-electron chi connectivity index (χ4n) is 3.55. The molecule has 0 heterocycles. The molecule has 0 bridgehead atoms. The molecule has 1 aromatic carbocycles. The van der Waals surface area contributed by atoms with Gasteiger partial charge in [0.1, 0.15) is 11.9 Å². The summed E-state index contributed by atoms with van der Waals surface area (Å²) in [6.07, 6.45) is 8.39. The molecule has 2 heteroatoms. The number of ether oxygens (including phenoxy) is 1. The van der Waals surface area contributed by atoms with Gasteiger partial charge in [0.15, 0.2) is 0 Å². The van der Waals surface area contributed by atoms with E-state index in [-0.39, 0.29) is 0 Å². The molecule has 1 spiro atoms. The highest BCUT2D eigenvalue weighted by Crippen LogP contribution is 2.56. The van der Waals surface area contributed by atoms with E-state index >= 15 is 0 Å². The standard InChI is InChI=1S/C16H21BrO/c1-12-7-3-4-8-13(12)18-15-11-14(17)16(15)9-5-2-6-10-16/h3-4,7-8,14-15H,2,5-6,9-11H2,1H3. The molecule has 2 fully saturated rings. The monoisotopic (exact) mass is 308 g/mol. The summed E-state index contributed by atoms with van der Waals surface area (Å²) in [5.41, 5.74) is 1.67. The summed E-state index contributed by atoms with van der Waals surface area (Å²) in [5.74, 6) is 1.08. The lowest BCUT2D eigenvalue weighted by Gasteiger charge is -2.55. The van der Waals surface area contributed by atoms with Crippen molar-refractivity contribution in [2.75, 3.05) is 0 Å². The third-order valence-electron chi connectivity index (χ3n) is 4.83. The van der Waals surface area contributed by atoms with Crippen LogP contribution in [0.2, 0.25) is 0 Å². The highest BCUT2D eigenvalue weighted by atomic mass is 79.9. The zero-order chi connectivity index (χ0) is 12.6. The summed E-state index contributed by atoms with van der Waals surface area (Å²) >= 11 is 3.87. The van der Waals surface area contributed by atoms with Crippen molar-refractivity contribution in [3.63, 3.8) is 0 Å². The normalized spacial score (nSPS) is 29.9. The highest BCUT2D eigenvalue weighted by Gasteiger charge is 2.55. The van der Waals surface area contributed by atoms with Crippen LogP contribution in [0.3, 0.4) is 0 Å². The van der Waals surface area contributed by atoms with Crippen LogP contribution in [0.4, 0.5) is 0 Å². The average Bonchev–Trinajstić information content (AvgIpc) is 2.41. The van der Waals surface area contributed by atoms with Gasteiger partial charge in [0.05, 0.1) is 0 Å².